The highest BCUT2D eigenvalue weighted by Gasteiger charge is 2.17. The molecule has 0 bridgehead atoms. The number of carbonyl (C=O) groups is 2. The minimum atomic E-state index is -0.483. The third-order valence-electron chi connectivity index (χ3n) is 3.55. The largest absolute Gasteiger partial charge is 0.494 e. The fraction of sp³-hybridized carbons (Fsp3) is 0.278. The molecule has 6 nitrogen and oxygen atoms in total. The van der Waals surface area contributed by atoms with Crippen LogP contribution in [0.25, 0.3) is 0 Å². The average molecular weight is 327 g/mol. The number of nitrogens with two attached hydrogens (primary N) is 1. The summed E-state index contributed by atoms with van der Waals surface area (Å²) in [5.74, 6) is -0.429. The first kappa shape index (κ1) is 17.5. The number of carbonyl (C=O) groups excluding carboxylic acids is 2. The lowest BCUT2D eigenvalue weighted by Crippen LogP contribution is -2.37. The first-order valence-corrected chi connectivity index (χ1v) is 7.79. The van der Waals surface area contributed by atoms with Crippen molar-refractivity contribution >= 4 is 11.8 Å². The molecule has 0 spiro atoms. The van der Waals surface area contributed by atoms with Gasteiger partial charge < -0.3 is 15.8 Å². The van der Waals surface area contributed by atoms with Gasteiger partial charge in [0.15, 0.2) is 0 Å². The lowest BCUT2D eigenvalue weighted by atomic mass is 9.98. The van der Waals surface area contributed by atoms with E-state index < -0.39 is 11.8 Å². The fourth-order valence-electron chi connectivity index (χ4n) is 2.26. The zero-order valence-electron chi connectivity index (χ0n) is 13.6. The molecule has 0 aliphatic heterocycles. The van der Waals surface area contributed by atoms with Gasteiger partial charge in [0.1, 0.15) is 5.75 Å². The number of benzene rings is 1. The molecule has 6 heteroatoms. The fourth-order valence-corrected chi connectivity index (χ4v) is 2.26. The lowest BCUT2D eigenvalue weighted by molar-refractivity contribution is -0.121. The number of hydrogen-bond acceptors (Lipinski definition) is 4. The van der Waals surface area contributed by atoms with Crippen molar-refractivity contribution in [3.63, 3.8) is 0 Å². The van der Waals surface area contributed by atoms with E-state index in [0.29, 0.717) is 18.6 Å². The van der Waals surface area contributed by atoms with Gasteiger partial charge in [-0.25, -0.2) is 0 Å². The summed E-state index contributed by atoms with van der Waals surface area (Å²) >= 11 is 0. The Kier molecular flexibility index (Phi) is 6.31. The van der Waals surface area contributed by atoms with Gasteiger partial charge in [-0.15, -0.1) is 0 Å². The third-order valence-corrected chi connectivity index (χ3v) is 3.55. The van der Waals surface area contributed by atoms with Crippen LogP contribution in [0.4, 0.5) is 0 Å². The van der Waals surface area contributed by atoms with Gasteiger partial charge in [0.05, 0.1) is 18.1 Å². The van der Waals surface area contributed by atoms with E-state index in [1.165, 1.54) is 6.20 Å². The third kappa shape index (κ3) is 5.08. The first-order valence-electron chi connectivity index (χ1n) is 7.79. The molecule has 3 N–H and O–H groups in total. The van der Waals surface area contributed by atoms with Crippen LogP contribution >= 0.6 is 0 Å². The van der Waals surface area contributed by atoms with E-state index >= 15 is 0 Å². The van der Waals surface area contributed by atoms with Gasteiger partial charge in [0, 0.05) is 18.9 Å². The lowest BCUT2D eigenvalue weighted by Gasteiger charge is -2.15. The Bertz CT molecular complexity index is 672. The molecule has 24 heavy (non-hydrogen) atoms. The molecule has 1 unspecified atom stereocenters. The maximum atomic E-state index is 12.0. The standard InChI is InChI=1S/C18H21N3O3/c1-2-24-16-7-5-13(6-8-16)10-15(17(19)22)12-21-18(23)14-4-3-9-20-11-14/h3-9,11,15H,2,10,12H2,1H3,(H2,19,22)(H,21,23). The van der Waals surface area contributed by atoms with Crippen LogP contribution in [-0.2, 0) is 11.2 Å². The second-order valence-electron chi connectivity index (χ2n) is 5.33. The molecule has 0 saturated heterocycles. The molecule has 0 saturated carbocycles. The topological polar surface area (TPSA) is 94.3 Å². The zero-order chi connectivity index (χ0) is 17.4. The number of primary amides is 1. The molecule has 2 amide bonds. The monoisotopic (exact) mass is 327 g/mol. The summed E-state index contributed by atoms with van der Waals surface area (Å²) in [5, 5.41) is 2.73. The molecule has 1 heterocycles. The van der Waals surface area contributed by atoms with Crippen molar-refractivity contribution in [1.29, 1.82) is 0 Å². The van der Waals surface area contributed by atoms with E-state index in [1.54, 1.807) is 18.3 Å². The molecule has 2 rings (SSSR count). The van der Waals surface area contributed by atoms with E-state index in [0.717, 1.165) is 11.3 Å². The molecular formula is C18H21N3O3. The molecule has 126 valence electrons. The van der Waals surface area contributed by atoms with Gasteiger partial charge in [0.25, 0.3) is 5.91 Å². The van der Waals surface area contributed by atoms with Gasteiger partial charge in [0.2, 0.25) is 5.91 Å². The number of hydrogen-bond donors (Lipinski definition) is 2. The van der Waals surface area contributed by atoms with Gasteiger partial charge in [-0.2, -0.15) is 0 Å². The van der Waals surface area contributed by atoms with E-state index in [4.69, 9.17) is 10.5 Å². The minimum absolute atomic E-state index is 0.177. The Labute approximate surface area is 141 Å². The molecular weight excluding hydrogens is 306 g/mol. The van der Waals surface area contributed by atoms with Crippen LogP contribution in [0.3, 0.4) is 0 Å². The average Bonchev–Trinajstić information content (AvgIpc) is 2.60. The highest BCUT2D eigenvalue weighted by Crippen LogP contribution is 2.15. The van der Waals surface area contributed by atoms with Crippen LogP contribution in [0.15, 0.2) is 48.8 Å². The number of nitrogens with zero attached hydrogens (tertiary/aromatic N) is 1. The first-order chi connectivity index (χ1) is 11.6. The van der Waals surface area contributed by atoms with Crippen molar-refractivity contribution in [1.82, 2.24) is 10.3 Å². The maximum absolute atomic E-state index is 12.0. The van der Waals surface area contributed by atoms with Gasteiger partial charge in [-0.1, -0.05) is 12.1 Å². The van der Waals surface area contributed by atoms with Crippen molar-refractivity contribution in [2.75, 3.05) is 13.2 Å². The van der Waals surface area contributed by atoms with Crippen LogP contribution in [-0.4, -0.2) is 29.9 Å². The number of pyridine rings is 1. The number of rotatable bonds is 8. The van der Waals surface area contributed by atoms with Crippen LogP contribution < -0.4 is 15.8 Å². The van der Waals surface area contributed by atoms with Gasteiger partial charge >= 0.3 is 0 Å². The second kappa shape index (κ2) is 8.67. The Morgan fingerprint density at radius 1 is 1.25 bits per heavy atom. The van der Waals surface area contributed by atoms with Crippen LogP contribution in [0.5, 0.6) is 5.75 Å². The molecule has 1 aromatic carbocycles. The Morgan fingerprint density at radius 2 is 2.00 bits per heavy atom. The normalized spacial score (nSPS) is 11.5. The highest BCUT2D eigenvalue weighted by molar-refractivity contribution is 5.94. The summed E-state index contributed by atoms with van der Waals surface area (Å²) in [6, 6.07) is 10.8. The predicted octanol–water partition coefficient (Wildman–Crippen LogP) is 1.55. The molecule has 0 radical (unpaired) electrons. The summed E-state index contributed by atoms with van der Waals surface area (Å²) in [6.07, 6.45) is 3.52. The summed E-state index contributed by atoms with van der Waals surface area (Å²) in [7, 11) is 0. The van der Waals surface area contributed by atoms with Crippen LogP contribution in [0, 0.1) is 5.92 Å². The van der Waals surface area contributed by atoms with Crippen molar-refractivity contribution in [3.05, 3.63) is 59.9 Å². The number of aromatic nitrogens is 1. The predicted molar refractivity (Wildman–Crippen MR) is 90.6 cm³/mol. The Morgan fingerprint density at radius 3 is 2.58 bits per heavy atom. The summed E-state index contributed by atoms with van der Waals surface area (Å²) in [4.78, 5) is 27.6. The van der Waals surface area contributed by atoms with Crippen LogP contribution in [0.2, 0.25) is 0 Å². The second-order valence-corrected chi connectivity index (χ2v) is 5.33. The summed E-state index contributed by atoms with van der Waals surface area (Å²) in [5.41, 5.74) is 6.86. The zero-order valence-corrected chi connectivity index (χ0v) is 13.6. The van der Waals surface area contributed by atoms with E-state index in [9.17, 15) is 9.59 Å². The Hall–Kier alpha value is -2.89. The van der Waals surface area contributed by atoms with Gasteiger partial charge in [-0.05, 0) is 43.2 Å². The van der Waals surface area contributed by atoms with Crippen molar-refractivity contribution < 1.29 is 14.3 Å². The smallest absolute Gasteiger partial charge is 0.252 e. The van der Waals surface area contributed by atoms with Crippen molar-refractivity contribution in [2.45, 2.75) is 13.3 Å². The maximum Gasteiger partial charge on any atom is 0.252 e. The molecule has 0 aliphatic carbocycles. The Balaban J connectivity index is 1.94. The molecule has 0 aliphatic rings. The molecule has 0 fully saturated rings. The number of ether oxygens (including phenoxy) is 1. The number of nitrogens with one attached hydrogen (secondary N) is 1. The highest BCUT2D eigenvalue weighted by atomic mass is 16.5. The molecule has 1 atom stereocenters. The summed E-state index contributed by atoms with van der Waals surface area (Å²) < 4.78 is 5.39. The van der Waals surface area contributed by atoms with E-state index in [1.807, 2.05) is 31.2 Å². The molecule has 2 aromatic rings. The minimum Gasteiger partial charge on any atom is -0.494 e. The van der Waals surface area contributed by atoms with E-state index in [-0.39, 0.29) is 12.5 Å². The van der Waals surface area contributed by atoms with Crippen LogP contribution in [0.1, 0.15) is 22.8 Å². The molecule has 1 aromatic heterocycles. The van der Waals surface area contributed by atoms with Crippen molar-refractivity contribution in [2.24, 2.45) is 11.7 Å². The van der Waals surface area contributed by atoms with Gasteiger partial charge in [-0.3, -0.25) is 14.6 Å². The SMILES string of the molecule is CCOc1ccc(CC(CNC(=O)c2cccnc2)C(N)=O)cc1. The quantitative estimate of drug-likeness (QED) is 0.769. The van der Waals surface area contributed by atoms with Crippen molar-refractivity contribution in [3.8, 4) is 5.75 Å². The number of amides is 2. The van der Waals surface area contributed by atoms with E-state index in [2.05, 4.69) is 10.3 Å². The summed E-state index contributed by atoms with van der Waals surface area (Å²) in [6.45, 7) is 2.70.